The molecular formula is C19H20N4O2. The van der Waals surface area contributed by atoms with Gasteiger partial charge in [-0.1, -0.05) is 30.3 Å². The smallest absolute Gasteiger partial charge is 0.231 e. The lowest BCUT2D eigenvalue weighted by Crippen LogP contribution is -2.18. The van der Waals surface area contributed by atoms with Gasteiger partial charge < -0.3 is 14.8 Å². The third-order valence-electron chi connectivity index (χ3n) is 4.31. The Balaban J connectivity index is 1.39. The molecule has 4 rings (SSSR count). The molecule has 0 radical (unpaired) electrons. The minimum absolute atomic E-state index is 0.216. The van der Waals surface area contributed by atoms with Gasteiger partial charge in [0.2, 0.25) is 6.79 Å². The lowest BCUT2D eigenvalue weighted by Gasteiger charge is -2.15. The molecule has 1 N–H and O–H groups in total. The van der Waals surface area contributed by atoms with E-state index < -0.39 is 0 Å². The van der Waals surface area contributed by atoms with Crippen molar-refractivity contribution in [1.29, 1.82) is 0 Å². The normalized spacial score (nSPS) is 13.8. The topological polar surface area (TPSA) is 61.2 Å². The number of nitrogens with zero attached hydrogens (tertiary/aromatic N) is 3. The van der Waals surface area contributed by atoms with Gasteiger partial charge in [-0.2, -0.15) is 5.10 Å². The summed E-state index contributed by atoms with van der Waals surface area (Å²) in [7, 11) is 0. The number of nitrogens with one attached hydrogen (secondary N) is 1. The molecule has 0 amide bonds. The summed E-state index contributed by atoms with van der Waals surface area (Å²) in [6.45, 7) is 3.97. The maximum Gasteiger partial charge on any atom is 0.231 e. The minimum atomic E-state index is 0.216. The predicted octanol–water partition coefficient (Wildman–Crippen LogP) is 2.91. The van der Waals surface area contributed by atoms with Crippen LogP contribution in [-0.4, -0.2) is 21.6 Å². The zero-order chi connectivity index (χ0) is 17.1. The molecule has 3 aromatic rings. The second-order valence-corrected chi connectivity index (χ2v) is 6.13. The van der Waals surface area contributed by atoms with Gasteiger partial charge in [-0.3, -0.25) is 0 Å². The van der Waals surface area contributed by atoms with Crippen LogP contribution in [0.5, 0.6) is 11.5 Å². The highest BCUT2D eigenvalue weighted by Gasteiger charge is 2.15. The van der Waals surface area contributed by atoms with E-state index in [0.29, 0.717) is 6.79 Å². The Bertz CT molecular complexity index is 848. The summed E-state index contributed by atoms with van der Waals surface area (Å²) in [6, 6.07) is 14.8. The maximum absolute atomic E-state index is 5.45. The first-order valence-electron chi connectivity index (χ1n) is 8.31. The number of hydrogen-bond acceptors (Lipinski definition) is 5. The molecule has 0 saturated carbocycles. The van der Waals surface area contributed by atoms with Crippen molar-refractivity contribution in [1.82, 2.24) is 20.1 Å². The van der Waals surface area contributed by atoms with Crippen molar-refractivity contribution < 1.29 is 9.47 Å². The van der Waals surface area contributed by atoms with Gasteiger partial charge in [-0.15, -0.1) is 0 Å². The third-order valence-corrected chi connectivity index (χ3v) is 4.31. The molecule has 2 aromatic carbocycles. The first-order chi connectivity index (χ1) is 12.3. The molecule has 1 aliphatic rings. The highest BCUT2D eigenvalue weighted by Crippen LogP contribution is 2.34. The van der Waals surface area contributed by atoms with Gasteiger partial charge in [0.25, 0.3) is 0 Å². The molecule has 0 unspecified atom stereocenters. The van der Waals surface area contributed by atoms with Crippen molar-refractivity contribution in [3.63, 3.8) is 0 Å². The van der Waals surface area contributed by atoms with Crippen LogP contribution in [0.3, 0.4) is 0 Å². The van der Waals surface area contributed by atoms with Crippen LogP contribution in [0.4, 0.5) is 0 Å². The van der Waals surface area contributed by atoms with Crippen LogP contribution in [0, 0.1) is 0 Å². The van der Waals surface area contributed by atoms with Gasteiger partial charge in [0.05, 0.1) is 6.54 Å². The molecule has 128 valence electrons. The van der Waals surface area contributed by atoms with Gasteiger partial charge in [0.15, 0.2) is 11.5 Å². The largest absolute Gasteiger partial charge is 0.454 e. The van der Waals surface area contributed by atoms with Crippen molar-refractivity contribution in [2.24, 2.45) is 0 Å². The number of aromatic nitrogens is 3. The lowest BCUT2D eigenvalue weighted by molar-refractivity contribution is 0.174. The highest BCUT2D eigenvalue weighted by molar-refractivity contribution is 5.45. The Morgan fingerprint density at radius 1 is 1.12 bits per heavy atom. The van der Waals surface area contributed by atoms with Gasteiger partial charge in [-0.05, 0) is 35.7 Å². The summed E-state index contributed by atoms with van der Waals surface area (Å²) in [5.74, 6) is 1.64. The molecule has 1 aliphatic heterocycles. The van der Waals surface area contributed by atoms with Crippen LogP contribution in [0.15, 0.2) is 55.1 Å². The molecule has 0 fully saturated rings. The van der Waals surface area contributed by atoms with E-state index in [0.717, 1.165) is 24.6 Å². The monoisotopic (exact) mass is 336 g/mol. The standard InChI is InChI=1S/C19H20N4O2/c1-14(17-5-6-18-19(8-17)25-13-24-18)21-9-15-3-2-4-16(7-15)10-23-12-20-11-22-23/h2-8,11-12,14,21H,9-10,13H2,1H3/t14-/m0/s1. The molecule has 0 spiro atoms. The summed E-state index contributed by atoms with van der Waals surface area (Å²) in [5.41, 5.74) is 3.63. The quantitative estimate of drug-likeness (QED) is 0.750. The van der Waals surface area contributed by atoms with Crippen LogP contribution in [0.1, 0.15) is 29.7 Å². The fourth-order valence-electron chi connectivity index (χ4n) is 2.91. The highest BCUT2D eigenvalue weighted by atomic mass is 16.7. The summed E-state index contributed by atoms with van der Waals surface area (Å²) >= 11 is 0. The zero-order valence-electron chi connectivity index (χ0n) is 14.1. The molecule has 0 bridgehead atoms. The van der Waals surface area contributed by atoms with Gasteiger partial charge in [0.1, 0.15) is 12.7 Å². The van der Waals surface area contributed by atoms with Gasteiger partial charge in [-0.25, -0.2) is 9.67 Å². The van der Waals surface area contributed by atoms with E-state index in [1.54, 1.807) is 12.7 Å². The molecule has 1 aromatic heterocycles. The van der Waals surface area contributed by atoms with E-state index in [4.69, 9.17) is 9.47 Å². The maximum atomic E-state index is 5.45. The van der Waals surface area contributed by atoms with Crippen LogP contribution >= 0.6 is 0 Å². The van der Waals surface area contributed by atoms with Crippen molar-refractivity contribution in [2.75, 3.05) is 6.79 Å². The van der Waals surface area contributed by atoms with Crippen molar-refractivity contribution in [2.45, 2.75) is 26.1 Å². The summed E-state index contributed by atoms with van der Waals surface area (Å²) in [4.78, 5) is 3.98. The fourth-order valence-corrected chi connectivity index (χ4v) is 2.91. The van der Waals surface area contributed by atoms with E-state index in [9.17, 15) is 0 Å². The molecule has 25 heavy (non-hydrogen) atoms. The SMILES string of the molecule is C[C@H](NCc1cccc(Cn2cncn2)c1)c1ccc2c(c1)OCO2. The van der Waals surface area contributed by atoms with Crippen molar-refractivity contribution in [3.05, 3.63) is 71.8 Å². The molecule has 0 aliphatic carbocycles. The Morgan fingerprint density at radius 3 is 2.88 bits per heavy atom. The number of fused-ring (bicyclic) bond motifs is 1. The molecule has 2 heterocycles. The van der Waals surface area contributed by atoms with Crippen LogP contribution in [-0.2, 0) is 13.1 Å². The Kier molecular flexibility index (Phi) is 4.35. The van der Waals surface area contributed by atoms with E-state index in [2.05, 4.69) is 52.7 Å². The van der Waals surface area contributed by atoms with Crippen LogP contribution < -0.4 is 14.8 Å². The number of rotatable bonds is 6. The van der Waals surface area contributed by atoms with Crippen molar-refractivity contribution >= 4 is 0 Å². The average molecular weight is 336 g/mol. The van der Waals surface area contributed by atoms with E-state index in [1.165, 1.54) is 16.7 Å². The van der Waals surface area contributed by atoms with E-state index in [-0.39, 0.29) is 6.04 Å². The second-order valence-electron chi connectivity index (χ2n) is 6.13. The second kappa shape index (κ2) is 6.94. The summed E-state index contributed by atoms with van der Waals surface area (Å²) < 4.78 is 12.6. The zero-order valence-corrected chi connectivity index (χ0v) is 14.1. The van der Waals surface area contributed by atoms with Crippen molar-refractivity contribution in [3.8, 4) is 11.5 Å². The average Bonchev–Trinajstić information content (AvgIpc) is 3.30. The Hall–Kier alpha value is -2.86. The first-order valence-corrected chi connectivity index (χ1v) is 8.31. The first kappa shape index (κ1) is 15.7. The predicted molar refractivity (Wildman–Crippen MR) is 93.4 cm³/mol. The Morgan fingerprint density at radius 2 is 2.00 bits per heavy atom. The number of benzene rings is 2. The molecule has 6 nitrogen and oxygen atoms in total. The molecule has 1 atom stereocenters. The van der Waals surface area contributed by atoms with Gasteiger partial charge >= 0.3 is 0 Å². The van der Waals surface area contributed by atoms with Crippen LogP contribution in [0.25, 0.3) is 0 Å². The van der Waals surface area contributed by atoms with Gasteiger partial charge in [0, 0.05) is 12.6 Å². The number of hydrogen-bond donors (Lipinski definition) is 1. The molecule has 6 heteroatoms. The lowest BCUT2D eigenvalue weighted by atomic mass is 10.1. The minimum Gasteiger partial charge on any atom is -0.454 e. The number of ether oxygens (including phenoxy) is 2. The van der Waals surface area contributed by atoms with E-state index in [1.807, 2.05) is 16.8 Å². The fraction of sp³-hybridized carbons (Fsp3) is 0.263. The molecular weight excluding hydrogens is 316 g/mol. The summed E-state index contributed by atoms with van der Waals surface area (Å²) in [5, 5.41) is 7.71. The van der Waals surface area contributed by atoms with E-state index >= 15 is 0 Å². The van der Waals surface area contributed by atoms with Crippen LogP contribution in [0.2, 0.25) is 0 Å². The molecule has 0 saturated heterocycles. The third kappa shape index (κ3) is 3.64. The Labute approximate surface area is 146 Å². The summed E-state index contributed by atoms with van der Waals surface area (Å²) in [6.07, 6.45) is 3.28.